The number of aryl methyl sites for hydroxylation is 2. The van der Waals surface area contributed by atoms with Crippen LogP contribution in [0.4, 0.5) is 0 Å². The Morgan fingerprint density at radius 2 is 1.85 bits per heavy atom. The van der Waals surface area contributed by atoms with E-state index in [9.17, 15) is 4.79 Å². The molecule has 0 atom stereocenters. The van der Waals surface area contributed by atoms with E-state index in [1.165, 1.54) is 5.56 Å². The Kier molecular flexibility index (Phi) is 6.66. The van der Waals surface area contributed by atoms with Gasteiger partial charge in [-0.15, -0.1) is 11.3 Å². The zero-order valence-corrected chi connectivity index (χ0v) is 17.8. The van der Waals surface area contributed by atoms with E-state index in [0.29, 0.717) is 6.04 Å². The highest BCUT2D eigenvalue weighted by Gasteiger charge is 2.28. The lowest BCUT2D eigenvalue weighted by molar-refractivity contribution is 0.0635. The number of likely N-dealkylation sites (tertiary alicyclic amines) is 1. The number of rotatable bonds is 6. The summed E-state index contributed by atoms with van der Waals surface area (Å²) in [6, 6.07) is 8.98. The number of piperidine rings is 1. The summed E-state index contributed by atoms with van der Waals surface area (Å²) in [6.45, 7) is 12.4. The molecule has 1 aromatic carbocycles. The van der Waals surface area contributed by atoms with Crippen LogP contribution >= 0.6 is 11.3 Å². The lowest BCUT2D eigenvalue weighted by Crippen LogP contribution is -2.46. The van der Waals surface area contributed by atoms with Crippen LogP contribution < -0.4 is 0 Å². The van der Waals surface area contributed by atoms with Crippen LogP contribution in [0.1, 0.15) is 54.5 Å². The van der Waals surface area contributed by atoms with Crippen molar-refractivity contribution in [2.45, 2.75) is 53.0 Å². The van der Waals surface area contributed by atoms with E-state index < -0.39 is 0 Å². The molecule has 1 fully saturated rings. The topological polar surface area (TPSA) is 36.4 Å². The molecule has 146 valence electrons. The second-order valence-electron chi connectivity index (χ2n) is 7.19. The van der Waals surface area contributed by atoms with E-state index in [1.54, 1.807) is 11.3 Å². The molecule has 4 nitrogen and oxygen atoms in total. The first-order valence-corrected chi connectivity index (χ1v) is 11.0. The van der Waals surface area contributed by atoms with Gasteiger partial charge in [0.25, 0.3) is 5.91 Å². The average molecular weight is 386 g/mol. The molecule has 3 rings (SSSR count). The Balaban J connectivity index is 1.74. The minimum atomic E-state index is 0.156. The van der Waals surface area contributed by atoms with Gasteiger partial charge in [-0.3, -0.25) is 4.79 Å². The minimum Gasteiger partial charge on any atom is -0.338 e. The average Bonchev–Trinajstić information content (AvgIpc) is 3.10. The summed E-state index contributed by atoms with van der Waals surface area (Å²) in [5.74, 6) is 0.156. The summed E-state index contributed by atoms with van der Waals surface area (Å²) >= 11 is 1.55. The summed E-state index contributed by atoms with van der Waals surface area (Å²) in [7, 11) is 0. The lowest BCUT2D eigenvalue weighted by Gasteiger charge is -2.37. The molecule has 0 unspecified atom stereocenters. The quantitative estimate of drug-likeness (QED) is 0.727. The summed E-state index contributed by atoms with van der Waals surface area (Å²) in [5, 5.41) is 0.964. The van der Waals surface area contributed by atoms with Crippen molar-refractivity contribution in [1.82, 2.24) is 14.8 Å². The number of thiazole rings is 1. The molecule has 0 saturated carbocycles. The smallest absolute Gasteiger partial charge is 0.265 e. The number of hydrogen-bond donors (Lipinski definition) is 0. The predicted octanol–water partition coefficient (Wildman–Crippen LogP) is 4.63. The number of amides is 1. The fraction of sp³-hybridized carbons (Fsp3) is 0.545. The Morgan fingerprint density at radius 3 is 2.48 bits per heavy atom. The van der Waals surface area contributed by atoms with Crippen molar-refractivity contribution in [2.24, 2.45) is 0 Å². The molecule has 2 aromatic rings. The first-order chi connectivity index (χ1) is 13.1. The molecule has 27 heavy (non-hydrogen) atoms. The van der Waals surface area contributed by atoms with E-state index in [2.05, 4.69) is 43.9 Å². The van der Waals surface area contributed by atoms with Crippen LogP contribution in [0.25, 0.3) is 10.6 Å². The van der Waals surface area contributed by atoms with Gasteiger partial charge in [0.15, 0.2) is 0 Å². The van der Waals surface area contributed by atoms with Crippen molar-refractivity contribution in [1.29, 1.82) is 0 Å². The van der Waals surface area contributed by atoms with Crippen LogP contribution in [-0.4, -0.2) is 52.9 Å². The SMILES string of the molecule is CCc1ccccc1-c1nc(C)c(C(=O)N2CCC(N(CC)CC)CC2)s1. The highest BCUT2D eigenvalue weighted by molar-refractivity contribution is 7.17. The molecule has 0 N–H and O–H groups in total. The van der Waals surface area contributed by atoms with Gasteiger partial charge in [-0.2, -0.15) is 0 Å². The molecule has 5 heteroatoms. The van der Waals surface area contributed by atoms with Crippen LogP contribution in [0.15, 0.2) is 24.3 Å². The van der Waals surface area contributed by atoms with Gasteiger partial charge >= 0.3 is 0 Å². The largest absolute Gasteiger partial charge is 0.338 e. The number of nitrogens with zero attached hydrogens (tertiary/aromatic N) is 3. The summed E-state index contributed by atoms with van der Waals surface area (Å²) < 4.78 is 0. The van der Waals surface area contributed by atoms with Gasteiger partial charge in [0.2, 0.25) is 0 Å². The molecule has 1 saturated heterocycles. The summed E-state index contributed by atoms with van der Waals surface area (Å²) in [5.41, 5.74) is 3.30. The third-order valence-electron chi connectivity index (χ3n) is 5.70. The third-order valence-corrected chi connectivity index (χ3v) is 6.88. The summed E-state index contributed by atoms with van der Waals surface area (Å²) in [4.78, 5) is 23.2. The van der Waals surface area contributed by atoms with Crippen molar-refractivity contribution in [3.05, 3.63) is 40.4 Å². The van der Waals surface area contributed by atoms with Crippen molar-refractivity contribution < 1.29 is 4.79 Å². The molecule has 1 aliphatic rings. The van der Waals surface area contributed by atoms with Crippen LogP contribution in [0, 0.1) is 6.92 Å². The van der Waals surface area contributed by atoms with E-state index in [1.807, 2.05) is 17.9 Å². The Hall–Kier alpha value is -1.72. The van der Waals surface area contributed by atoms with E-state index in [4.69, 9.17) is 4.98 Å². The molecule has 1 aliphatic heterocycles. The van der Waals surface area contributed by atoms with Crippen molar-refractivity contribution in [3.63, 3.8) is 0 Å². The summed E-state index contributed by atoms with van der Waals surface area (Å²) in [6.07, 6.45) is 3.10. The first kappa shape index (κ1) is 20.0. The molecule has 0 bridgehead atoms. The van der Waals surface area contributed by atoms with Crippen LogP contribution in [0.5, 0.6) is 0 Å². The van der Waals surface area contributed by atoms with Gasteiger partial charge in [0.05, 0.1) is 5.69 Å². The van der Waals surface area contributed by atoms with Gasteiger partial charge in [-0.25, -0.2) is 4.98 Å². The van der Waals surface area contributed by atoms with E-state index >= 15 is 0 Å². The molecule has 0 aliphatic carbocycles. The molecule has 1 amide bonds. The van der Waals surface area contributed by atoms with Crippen molar-refractivity contribution >= 4 is 17.2 Å². The first-order valence-electron chi connectivity index (χ1n) is 10.2. The Labute approximate surface area is 167 Å². The highest BCUT2D eigenvalue weighted by atomic mass is 32.1. The number of aromatic nitrogens is 1. The molecular formula is C22H31N3OS. The number of hydrogen-bond acceptors (Lipinski definition) is 4. The Bertz CT molecular complexity index is 774. The van der Waals surface area contributed by atoms with E-state index in [-0.39, 0.29) is 5.91 Å². The zero-order valence-electron chi connectivity index (χ0n) is 17.0. The molecule has 0 radical (unpaired) electrons. The monoisotopic (exact) mass is 385 g/mol. The zero-order chi connectivity index (χ0) is 19.4. The maximum absolute atomic E-state index is 13.1. The van der Waals surface area contributed by atoms with Gasteiger partial charge in [-0.1, -0.05) is 45.0 Å². The molecule has 1 aromatic heterocycles. The van der Waals surface area contributed by atoms with Gasteiger partial charge in [0, 0.05) is 24.7 Å². The molecule has 0 spiro atoms. The maximum atomic E-state index is 13.1. The maximum Gasteiger partial charge on any atom is 0.265 e. The van der Waals surface area contributed by atoms with Crippen LogP contribution in [0.3, 0.4) is 0 Å². The normalized spacial score (nSPS) is 15.5. The fourth-order valence-corrected chi connectivity index (χ4v) is 5.16. The van der Waals surface area contributed by atoms with Crippen LogP contribution in [0.2, 0.25) is 0 Å². The number of carbonyl (C=O) groups is 1. The third kappa shape index (κ3) is 4.25. The van der Waals surface area contributed by atoms with Gasteiger partial charge in [0.1, 0.15) is 9.88 Å². The van der Waals surface area contributed by atoms with Crippen LogP contribution in [-0.2, 0) is 6.42 Å². The lowest BCUT2D eigenvalue weighted by atomic mass is 10.0. The second kappa shape index (κ2) is 8.98. The number of benzene rings is 1. The number of carbonyl (C=O) groups excluding carboxylic acids is 1. The highest BCUT2D eigenvalue weighted by Crippen LogP contribution is 2.32. The van der Waals surface area contributed by atoms with E-state index in [0.717, 1.165) is 66.6 Å². The van der Waals surface area contributed by atoms with Crippen molar-refractivity contribution in [2.75, 3.05) is 26.2 Å². The predicted molar refractivity (Wildman–Crippen MR) is 114 cm³/mol. The fourth-order valence-electron chi connectivity index (χ4n) is 4.07. The minimum absolute atomic E-state index is 0.156. The second-order valence-corrected chi connectivity index (χ2v) is 8.19. The molecular weight excluding hydrogens is 354 g/mol. The standard InChI is InChI=1S/C22H31N3OS/c1-5-17-10-8-9-11-19(17)21-23-16(4)20(27-21)22(26)25-14-12-18(13-15-25)24(6-2)7-3/h8-11,18H,5-7,12-15H2,1-4H3. The van der Waals surface area contributed by atoms with Crippen molar-refractivity contribution in [3.8, 4) is 10.6 Å². The molecule has 2 heterocycles. The van der Waals surface area contributed by atoms with Gasteiger partial charge in [-0.05, 0) is 44.8 Å². The van der Waals surface area contributed by atoms with Gasteiger partial charge < -0.3 is 9.80 Å². The Morgan fingerprint density at radius 1 is 1.19 bits per heavy atom.